The van der Waals surface area contributed by atoms with Crippen molar-refractivity contribution in [3.63, 3.8) is 0 Å². The molecule has 0 aliphatic rings. The summed E-state index contributed by atoms with van der Waals surface area (Å²) in [5, 5.41) is 6.17. The molecule has 0 bridgehead atoms. The highest BCUT2D eigenvalue weighted by molar-refractivity contribution is 7.16. The van der Waals surface area contributed by atoms with Crippen LogP contribution in [0.1, 0.15) is 23.8 Å². The number of halogens is 2. The number of benzene rings is 1. The number of pyridine rings is 1. The van der Waals surface area contributed by atoms with Crippen LogP contribution in [-0.2, 0) is 6.42 Å². The van der Waals surface area contributed by atoms with E-state index < -0.39 is 0 Å². The molecule has 0 atom stereocenters. The number of aryl methyl sites for hydroxylation is 1. The Hall–Kier alpha value is -1.95. The first-order valence-corrected chi connectivity index (χ1v) is 9.39. The van der Waals surface area contributed by atoms with Gasteiger partial charge in [-0.3, -0.25) is 10.4 Å². The Bertz CT molecular complexity index is 878. The van der Waals surface area contributed by atoms with Crippen LogP contribution >= 0.6 is 34.5 Å². The number of hydrazone groups is 1. The molecule has 0 spiro atoms. The number of hydrogen-bond donors (Lipinski definition) is 1. The quantitative estimate of drug-likeness (QED) is 0.420. The van der Waals surface area contributed by atoms with Gasteiger partial charge >= 0.3 is 0 Å². The second-order valence-corrected chi connectivity index (χ2v) is 7.25. The molecule has 0 aliphatic carbocycles. The largest absolute Gasteiger partial charge is 0.264 e. The van der Waals surface area contributed by atoms with E-state index in [1.165, 1.54) is 4.88 Å². The van der Waals surface area contributed by atoms with E-state index in [4.69, 9.17) is 23.2 Å². The molecule has 0 saturated carbocycles. The number of hydrogen-bond acceptors (Lipinski definition) is 5. The molecule has 0 unspecified atom stereocenters. The minimum absolute atomic E-state index is 0.598. The molecule has 2 heterocycles. The summed E-state index contributed by atoms with van der Waals surface area (Å²) < 4.78 is 0. The van der Waals surface area contributed by atoms with E-state index in [0.717, 1.165) is 34.8 Å². The second-order valence-electron chi connectivity index (χ2n) is 5.32. The summed E-state index contributed by atoms with van der Waals surface area (Å²) in [6.45, 7) is 2.14. The number of rotatable bonds is 6. The molecule has 0 saturated heterocycles. The van der Waals surface area contributed by atoms with Crippen molar-refractivity contribution in [1.82, 2.24) is 9.97 Å². The Morgan fingerprint density at radius 3 is 2.88 bits per heavy atom. The molecule has 7 heteroatoms. The molecule has 3 rings (SSSR count). The van der Waals surface area contributed by atoms with Gasteiger partial charge in [0.1, 0.15) is 0 Å². The SMILES string of the molecule is CCCc1sc(N/N=C\c2cccnc2)nc1-c1ccc(Cl)cc1Cl. The molecule has 25 heavy (non-hydrogen) atoms. The number of nitrogens with one attached hydrogen (secondary N) is 1. The highest BCUT2D eigenvalue weighted by Crippen LogP contribution is 2.36. The zero-order valence-corrected chi connectivity index (χ0v) is 15.9. The normalized spacial score (nSPS) is 11.2. The van der Waals surface area contributed by atoms with Gasteiger partial charge in [0.2, 0.25) is 5.13 Å². The van der Waals surface area contributed by atoms with Gasteiger partial charge in [0.25, 0.3) is 0 Å². The van der Waals surface area contributed by atoms with E-state index in [1.54, 1.807) is 36.0 Å². The zero-order chi connectivity index (χ0) is 17.6. The Balaban J connectivity index is 1.85. The lowest BCUT2D eigenvalue weighted by Crippen LogP contribution is -1.91. The van der Waals surface area contributed by atoms with Crippen molar-refractivity contribution in [1.29, 1.82) is 0 Å². The van der Waals surface area contributed by atoms with Gasteiger partial charge in [-0.05, 0) is 30.7 Å². The average Bonchev–Trinajstić information content (AvgIpc) is 2.99. The van der Waals surface area contributed by atoms with Gasteiger partial charge in [-0.2, -0.15) is 5.10 Å². The predicted molar refractivity (Wildman–Crippen MR) is 107 cm³/mol. The lowest BCUT2D eigenvalue weighted by atomic mass is 10.1. The topological polar surface area (TPSA) is 50.2 Å². The molecule has 4 nitrogen and oxygen atoms in total. The van der Waals surface area contributed by atoms with E-state index in [0.29, 0.717) is 10.0 Å². The molecule has 0 radical (unpaired) electrons. The van der Waals surface area contributed by atoms with E-state index in [9.17, 15) is 0 Å². The lowest BCUT2D eigenvalue weighted by Gasteiger charge is -2.04. The highest BCUT2D eigenvalue weighted by Gasteiger charge is 2.15. The average molecular weight is 391 g/mol. The van der Waals surface area contributed by atoms with Crippen LogP contribution in [0.5, 0.6) is 0 Å². The van der Waals surface area contributed by atoms with Gasteiger partial charge < -0.3 is 0 Å². The van der Waals surface area contributed by atoms with Crippen molar-refractivity contribution >= 4 is 45.9 Å². The third kappa shape index (κ3) is 4.57. The van der Waals surface area contributed by atoms with E-state index in [-0.39, 0.29) is 0 Å². The molecule has 0 fully saturated rings. The molecule has 1 N–H and O–H groups in total. The number of nitrogens with zero attached hydrogens (tertiary/aromatic N) is 3. The second kappa shape index (κ2) is 8.43. The maximum Gasteiger partial charge on any atom is 0.204 e. The van der Waals surface area contributed by atoms with Crippen molar-refractivity contribution in [2.45, 2.75) is 19.8 Å². The fraction of sp³-hybridized carbons (Fsp3) is 0.167. The van der Waals surface area contributed by atoms with E-state index >= 15 is 0 Å². The maximum atomic E-state index is 6.35. The summed E-state index contributed by atoms with van der Waals surface area (Å²) >= 11 is 13.9. The van der Waals surface area contributed by atoms with Crippen LogP contribution < -0.4 is 5.43 Å². The molecular formula is C18H16Cl2N4S. The number of thiazole rings is 1. The Kier molecular flexibility index (Phi) is 6.02. The van der Waals surface area contributed by atoms with Crippen molar-refractivity contribution in [2.75, 3.05) is 5.43 Å². The number of aromatic nitrogens is 2. The molecule has 3 aromatic rings. The van der Waals surface area contributed by atoms with Crippen LogP contribution in [0.15, 0.2) is 47.8 Å². The third-order valence-corrected chi connectivity index (χ3v) is 4.99. The summed E-state index contributed by atoms with van der Waals surface area (Å²) in [5.74, 6) is 0. The first-order valence-electron chi connectivity index (χ1n) is 7.81. The zero-order valence-electron chi connectivity index (χ0n) is 13.5. The van der Waals surface area contributed by atoms with E-state index in [2.05, 4.69) is 27.4 Å². The first-order chi connectivity index (χ1) is 12.2. The first kappa shape index (κ1) is 17.9. The smallest absolute Gasteiger partial charge is 0.204 e. The van der Waals surface area contributed by atoms with Crippen molar-refractivity contribution < 1.29 is 0 Å². The van der Waals surface area contributed by atoms with Gasteiger partial charge in [-0.25, -0.2) is 4.98 Å². The summed E-state index contributed by atoms with van der Waals surface area (Å²) in [6.07, 6.45) is 7.14. The Morgan fingerprint density at radius 2 is 2.16 bits per heavy atom. The minimum atomic E-state index is 0.598. The molecule has 128 valence electrons. The molecule has 2 aromatic heterocycles. The van der Waals surface area contributed by atoms with Gasteiger partial charge in [0.15, 0.2) is 0 Å². The Labute approximate surface area is 160 Å². The van der Waals surface area contributed by atoms with Crippen LogP contribution in [0.2, 0.25) is 10.0 Å². The lowest BCUT2D eigenvalue weighted by molar-refractivity contribution is 0.938. The predicted octanol–water partition coefficient (Wildman–Crippen LogP) is 5.91. The van der Waals surface area contributed by atoms with Crippen molar-refractivity contribution in [3.05, 3.63) is 63.2 Å². The summed E-state index contributed by atoms with van der Waals surface area (Å²) in [6, 6.07) is 9.26. The minimum Gasteiger partial charge on any atom is -0.264 e. The van der Waals surface area contributed by atoms with Crippen LogP contribution in [0, 0.1) is 0 Å². The summed E-state index contributed by atoms with van der Waals surface area (Å²) in [7, 11) is 0. The highest BCUT2D eigenvalue weighted by atomic mass is 35.5. The van der Waals surface area contributed by atoms with Crippen LogP contribution in [0.4, 0.5) is 5.13 Å². The maximum absolute atomic E-state index is 6.35. The standard InChI is InChI=1S/C18H16Cl2N4S/c1-2-4-16-17(14-7-6-13(19)9-15(14)20)23-18(25-16)24-22-11-12-5-3-8-21-10-12/h3,5-11H,2,4H2,1H3,(H,23,24)/b22-11-. The molecule has 0 amide bonds. The fourth-order valence-electron chi connectivity index (χ4n) is 2.30. The van der Waals surface area contributed by atoms with E-state index in [1.807, 2.05) is 24.3 Å². The summed E-state index contributed by atoms with van der Waals surface area (Å²) in [5.41, 5.74) is 5.68. The van der Waals surface area contributed by atoms with Crippen LogP contribution in [0.25, 0.3) is 11.3 Å². The van der Waals surface area contributed by atoms with Gasteiger partial charge in [0.05, 0.1) is 16.9 Å². The molecule has 0 aliphatic heterocycles. The summed E-state index contributed by atoms with van der Waals surface area (Å²) in [4.78, 5) is 9.90. The third-order valence-electron chi connectivity index (χ3n) is 3.42. The van der Waals surface area contributed by atoms with Gasteiger partial charge in [-0.1, -0.05) is 53.9 Å². The van der Waals surface area contributed by atoms with Gasteiger partial charge in [-0.15, -0.1) is 0 Å². The fourth-order valence-corrected chi connectivity index (χ4v) is 3.83. The van der Waals surface area contributed by atoms with Crippen molar-refractivity contribution in [2.24, 2.45) is 5.10 Å². The van der Waals surface area contributed by atoms with Crippen LogP contribution in [0.3, 0.4) is 0 Å². The molecular weight excluding hydrogens is 375 g/mol. The monoisotopic (exact) mass is 390 g/mol. The Morgan fingerprint density at radius 1 is 1.28 bits per heavy atom. The number of anilines is 1. The van der Waals surface area contributed by atoms with Crippen molar-refractivity contribution in [3.8, 4) is 11.3 Å². The van der Waals surface area contributed by atoms with Gasteiger partial charge in [0, 0.05) is 33.4 Å². The molecule has 1 aromatic carbocycles. The van der Waals surface area contributed by atoms with Crippen LogP contribution in [-0.4, -0.2) is 16.2 Å².